The van der Waals surface area contributed by atoms with Crippen LogP contribution in [-0.4, -0.2) is 15.0 Å². The summed E-state index contributed by atoms with van der Waals surface area (Å²) in [7, 11) is 0. The molecule has 5 heteroatoms. The predicted molar refractivity (Wildman–Crippen MR) is 88.3 cm³/mol. The van der Waals surface area contributed by atoms with Crippen LogP contribution in [0, 0.1) is 5.92 Å². The fraction of sp³-hybridized carbons (Fsp3) is 0.438. The van der Waals surface area contributed by atoms with Crippen molar-refractivity contribution in [3.8, 4) is 0 Å². The number of hydrogen-bond acceptors (Lipinski definition) is 4. The zero-order valence-electron chi connectivity index (χ0n) is 12.1. The minimum Gasteiger partial charge on any atom is -0.242 e. The van der Waals surface area contributed by atoms with E-state index in [0.717, 1.165) is 34.3 Å². The maximum absolute atomic E-state index is 6.24. The summed E-state index contributed by atoms with van der Waals surface area (Å²) in [6.45, 7) is 4.50. The Morgan fingerprint density at radius 3 is 2.86 bits per heavy atom. The van der Waals surface area contributed by atoms with Gasteiger partial charge in [-0.15, -0.1) is 11.3 Å². The summed E-state index contributed by atoms with van der Waals surface area (Å²) in [5.74, 6) is 0.623. The van der Waals surface area contributed by atoms with E-state index in [-0.39, 0.29) is 0 Å². The Bertz CT molecular complexity index is 854. The van der Waals surface area contributed by atoms with Gasteiger partial charge in [0.2, 0.25) is 0 Å². The van der Waals surface area contributed by atoms with Gasteiger partial charge < -0.3 is 0 Å². The molecule has 3 nitrogen and oxygen atoms in total. The van der Waals surface area contributed by atoms with E-state index in [1.807, 2.05) is 0 Å². The van der Waals surface area contributed by atoms with Crippen LogP contribution in [0.1, 0.15) is 37.1 Å². The van der Waals surface area contributed by atoms with Crippen LogP contribution in [0.3, 0.4) is 0 Å². The third-order valence-corrected chi connectivity index (χ3v) is 5.59. The van der Waals surface area contributed by atoms with Gasteiger partial charge in [0, 0.05) is 11.1 Å². The lowest BCUT2D eigenvalue weighted by atomic mass is 9.99. The molecule has 0 radical (unpaired) electrons. The summed E-state index contributed by atoms with van der Waals surface area (Å²) in [6, 6.07) is 0. The van der Waals surface area contributed by atoms with Gasteiger partial charge in [-0.1, -0.05) is 25.4 Å². The molecule has 0 atom stereocenters. The van der Waals surface area contributed by atoms with Crippen LogP contribution < -0.4 is 0 Å². The van der Waals surface area contributed by atoms with Crippen molar-refractivity contribution in [2.75, 3.05) is 0 Å². The molecular weight excluding hydrogens is 302 g/mol. The van der Waals surface area contributed by atoms with Crippen molar-refractivity contribution in [1.29, 1.82) is 0 Å². The number of aryl methyl sites for hydroxylation is 1. The third kappa shape index (κ3) is 2.04. The summed E-state index contributed by atoms with van der Waals surface area (Å²) < 4.78 is 0.970. The number of pyridine rings is 1. The second-order valence-corrected chi connectivity index (χ2v) is 7.45. The van der Waals surface area contributed by atoms with E-state index in [9.17, 15) is 0 Å². The lowest BCUT2D eigenvalue weighted by Gasteiger charge is -2.11. The summed E-state index contributed by atoms with van der Waals surface area (Å²) in [6.07, 6.45) is 6.10. The molecule has 0 aliphatic heterocycles. The molecule has 108 valence electrons. The Hall–Kier alpha value is -1.26. The number of aromatic nitrogens is 3. The second-order valence-electron chi connectivity index (χ2n) is 6.09. The van der Waals surface area contributed by atoms with Gasteiger partial charge in [-0.2, -0.15) is 0 Å². The Labute approximate surface area is 132 Å². The predicted octanol–water partition coefficient (Wildman–Crippen LogP) is 4.58. The molecule has 0 saturated carbocycles. The summed E-state index contributed by atoms with van der Waals surface area (Å²) in [5.41, 5.74) is 5.18. The smallest absolute Gasteiger partial charge is 0.150 e. The quantitative estimate of drug-likeness (QED) is 0.649. The van der Waals surface area contributed by atoms with E-state index < -0.39 is 0 Å². The molecule has 3 aromatic rings. The van der Waals surface area contributed by atoms with Gasteiger partial charge in [-0.05, 0) is 42.7 Å². The molecule has 0 spiro atoms. The van der Waals surface area contributed by atoms with Crippen LogP contribution in [0.2, 0.25) is 5.15 Å². The van der Waals surface area contributed by atoms with Gasteiger partial charge in [0.25, 0.3) is 0 Å². The van der Waals surface area contributed by atoms with Crippen molar-refractivity contribution in [2.45, 2.75) is 39.5 Å². The number of hydrogen-bond donors (Lipinski definition) is 0. The molecular formula is C16H16ClN3S. The van der Waals surface area contributed by atoms with Crippen LogP contribution in [0.4, 0.5) is 0 Å². The first-order chi connectivity index (χ1) is 10.1. The first-order valence-electron chi connectivity index (χ1n) is 7.38. The SMILES string of the molecule is CC(C)Cc1nc2sc3c(Cl)ncnc3c2c2c1CCC2. The molecule has 1 aliphatic carbocycles. The van der Waals surface area contributed by atoms with Crippen molar-refractivity contribution < 1.29 is 0 Å². The van der Waals surface area contributed by atoms with E-state index in [2.05, 4.69) is 23.8 Å². The molecule has 0 N–H and O–H groups in total. The van der Waals surface area contributed by atoms with Crippen molar-refractivity contribution in [2.24, 2.45) is 5.92 Å². The Morgan fingerprint density at radius 1 is 1.24 bits per heavy atom. The highest BCUT2D eigenvalue weighted by atomic mass is 35.5. The van der Waals surface area contributed by atoms with E-state index >= 15 is 0 Å². The van der Waals surface area contributed by atoms with Crippen LogP contribution in [0.15, 0.2) is 6.33 Å². The lowest BCUT2D eigenvalue weighted by Crippen LogP contribution is -2.02. The number of rotatable bonds is 2. The minimum absolute atomic E-state index is 0.542. The number of fused-ring (bicyclic) bond motifs is 5. The fourth-order valence-corrected chi connectivity index (χ4v) is 4.61. The summed E-state index contributed by atoms with van der Waals surface area (Å²) in [5, 5.41) is 1.76. The first-order valence-corrected chi connectivity index (χ1v) is 8.58. The monoisotopic (exact) mass is 317 g/mol. The van der Waals surface area contributed by atoms with E-state index in [4.69, 9.17) is 16.6 Å². The molecule has 0 aromatic carbocycles. The molecule has 0 unspecified atom stereocenters. The van der Waals surface area contributed by atoms with Crippen molar-refractivity contribution in [3.05, 3.63) is 28.3 Å². The lowest BCUT2D eigenvalue weighted by molar-refractivity contribution is 0.632. The molecule has 0 saturated heterocycles. The third-order valence-electron chi connectivity index (χ3n) is 4.12. The van der Waals surface area contributed by atoms with Crippen LogP contribution in [-0.2, 0) is 19.3 Å². The van der Waals surface area contributed by atoms with E-state index in [1.165, 1.54) is 28.6 Å². The molecule has 21 heavy (non-hydrogen) atoms. The van der Waals surface area contributed by atoms with Gasteiger partial charge >= 0.3 is 0 Å². The van der Waals surface area contributed by atoms with Gasteiger partial charge in [0.1, 0.15) is 16.3 Å². The van der Waals surface area contributed by atoms with E-state index in [0.29, 0.717) is 11.1 Å². The average Bonchev–Trinajstić information content (AvgIpc) is 3.02. The highest BCUT2D eigenvalue weighted by Gasteiger charge is 2.24. The maximum Gasteiger partial charge on any atom is 0.150 e. The number of halogens is 1. The minimum atomic E-state index is 0.542. The molecule has 1 aliphatic rings. The Balaban J connectivity index is 2.09. The topological polar surface area (TPSA) is 38.7 Å². The van der Waals surface area contributed by atoms with Crippen LogP contribution in [0.5, 0.6) is 0 Å². The Kier molecular flexibility index (Phi) is 3.12. The summed E-state index contributed by atoms with van der Waals surface area (Å²) in [4.78, 5) is 14.6. The highest BCUT2D eigenvalue weighted by molar-refractivity contribution is 7.26. The zero-order chi connectivity index (χ0) is 14.6. The van der Waals surface area contributed by atoms with E-state index in [1.54, 1.807) is 17.7 Å². The van der Waals surface area contributed by atoms with Crippen molar-refractivity contribution in [3.63, 3.8) is 0 Å². The zero-order valence-corrected chi connectivity index (χ0v) is 13.7. The van der Waals surface area contributed by atoms with Crippen LogP contribution >= 0.6 is 22.9 Å². The first kappa shape index (κ1) is 13.4. The summed E-state index contributed by atoms with van der Waals surface area (Å²) >= 11 is 7.86. The van der Waals surface area contributed by atoms with Crippen molar-refractivity contribution in [1.82, 2.24) is 15.0 Å². The Morgan fingerprint density at radius 2 is 2.05 bits per heavy atom. The second kappa shape index (κ2) is 4.89. The molecule has 0 bridgehead atoms. The number of nitrogens with zero attached hydrogens (tertiary/aromatic N) is 3. The fourth-order valence-electron chi connectivity index (χ4n) is 3.30. The van der Waals surface area contributed by atoms with Crippen molar-refractivity contribution >= 4 is 43.4 Å². The average molecular weight is 318 g/mol. The van der Waals surface area contributed by atoms with Gasteiger partial charge in [0.05, 0.1) is 10.2 Å². The normalized spacial score (nSPS) is 14.5. The maximum atomic E-state index is 6.24. The molecule has 3 aromatic heterocycles. The van der Waals surface area contributed by atoms with Gasteiger partial charge in [-0.25, -0.2) is 15.0 Å². The largest absolute Gasteiger partial charge is 0.242 e. The molecule has 0 fully saturated rings. The number of thiophene rings is 1. The standard InChI is InChI=1S/C16H16ClN3S/c1-8(2)6-11-9-4-3-5-10(9)12-13-14(21-16(12)20-11)15(17)19-7-18-13/h7-8H,3-6H2,1-2H3. The molecule has 0 amide bonds. The van der Waals surface area contributed by atoms with Gasteiger partial charge in [-0.3, -0.25) is 0 Å². The van der Waals surface area contributed by atoms with Gasteiger partial charge in [0.15, 0.2) is 0 Å². The molecule has 3 heterocycles. The van der Waals surface area contributed by atoms with Crippen LogP contribution in [0.25, 0.3) is 20.4 Å². The molecule has 4 rings (SSSR count). The highest BCUT2D eigenvalue weighted by Crippen LogP contribution is 2.41.